The van der Waals surface area contributed by atoms with Crippen molar-refractivity contribution in [2.75, 3.05) is 0 Å². The average molecular weight is 293 g/mol. The molecular formula is C16H23NO4. The second-order valence-electron chi connectivity index (χ2n) is 6.39. The molecule has 0 aromatic rings. The Morgan fingerprint density at radius 1 is 0.952 bits per heavy atom. The molecule has 5 nitrogen and oxygen atoms in total. The molecule has 1 aliphatic carbocycles. The predicted molar refractivity (Wildman–Crippen MR) is 76.7 cm³/mol. The van der Waals surface area contributed by atoms with Gasteiger partial charge in [-0.05, 0) is 12.8 Å². The number of carbonyl (C=O) groups excluding carboxylic acids is 1. The first-order chi connectivity index (χ1) is 10.2. The molecule has 2 aliphatic heterocycles. The van der Waals surface area contributed by atoms with Crippen LogP contribution in [0.5, 0.6) is 0 Å². The maximum atomic E-state index is 12.5. The first kappa shape index (κ1) is 14.6. The smallest absolute Gasteiger partial charge is 0.310 e. The van der Waals surface area contributed by atoms with E-state index in [2.05, 4.69) is 5.32 Å². The molecule has 1 amide bonds. The van der Waals surface area contributed by atoms with Gasteiger partial charge in [0.05, 0.1) is 18.1 Å². The van der Waals surface area contributed by atoms with E-state index in [0.29, 0.717) is 0 Å². The highest BCUT2D eigenvalue weighted by Gasteiger charge is 2.53. The van der Waals surface area contributed by atoms with Crippen molar-refractivity contribution in [3.8, 4) is 0 Å². The number of rotatable bonds is 3. The number of fused-ring (bicyclic) bond motifs is 2. The molecule has 0 aromatic carbocycles. The summed E-state index contributed by atoms with van der Waals surface area (Å²) in [5, 5.41) is 12.4. The van der Waals surface area contributed by atoms with Gasteiger partial charge in [0, 0.05) is 6.04 Å². The number of nitrogens with one attached hydrogen (secondary N) is 1. The molecule has 1 saturated heterocycles. The van der Waals surface area contributed by atoms with Gasteiger partial charge in [0.25, 0.3) is 0 Å². The van der Waals surface area contributed by atoms with Crippen LogP contribution in [0.4, 0.5) is 0 Å². The molecule has 3 aliphatic rings. The normalized spacial score (nSPS) is 36.2. The van der Waals surface area contributed by atoms with Crippen LogP contribution >= 0.6 is 0 Å². The molecule has 4 unspecified atom stereocenters. The molecule has 0 aromatic heterocycles. The van der Waals surface area contributed by atoms with Crippen molar-refractivity contribution in [1.82, 2.24) is 5.32 Å². The molecule has 5 heteroatoms. The van der Waals surface area contributed by atoms with Crippen LogP contribution in [-0.4, -0.2) is 35.2 Å². The van der Waals surface area contributed by atoms with Gasteiger partial charge in [-0.3, -0.25) is 9.59 Å². The summed E-state index contributed by atoms with van der Waals surface area (Å²) >= 11 is 0. The molecule has 2 fully saturated rings. The second kappa shape index (κ2) is 6.18. The monoisotopic (exact) mass is 293 g/mol. The van der Waals surface area contributed by atoms with Crippen molar-refractivity contribution in [3.63, 3.8) is 0 Å². The van der Waals surface area contributed by atoms with E-state index in [-0.39, 0.29) is 18.1 Å². The highest BCUT2D eigenvalue weighted by molar-refractivity contribution is 5.87. The summed E-state index contributed by atoms with van der Waals surface area (Å²) in [6.45, 7) is 0. The number of aliphatic carboxylic acids is 1. The molecule has 2 heterocycles. The topological polar surface area (TPSA) is 75.6 Å². The number of hydrogen-bond acceptors (Lipinski definition) is 3. The lowest BCUT2D eigenvalue weighted by Crippen LogP contribution is -2.46. The Morgan fingerprint density at radius 2 is 1.52 bits per heavy atom. The molecule has 2 N–H and O–H groups in total. The van der Waals surface area contributed by atoms with Crippen molar-refractivity contribution >= 4 is 11.9 Å². The summed E-state index contributed by atoms with van der Waals surface area (Å²) < 4.78 is 5.56. The number of ether oxygens (including phenoxy) is 1. The average Bonchev–Trinajstić information content (AvgIpc) is 3.01. The summed E-state index contributed by atoms with van der Waals surface area (Å²) in [6.07, 6.45) is 10.8. The van der Waals surface area contributed by atoms with E-state index >= 15 is 0 Å². The first-order valence-electron chi connectivity index (χ1n) is 8.04. The van der Waals surface area contributed by atoms with Crippen molar-refractivity contribution in [2.45, 2.75) is 63.2 Å². The van der Waals surface area contributed by atoms with E-state index in [1.807, 2.05) is 6.08 Å². The Balaban J connectivity index is 1.64. The Labute approximate surface area is 124 Å². The lowest BCUT2D eigenvalue weighted by molar-refractivity contribution is -0.146. The highest BCUT2D eigenvalue weighted by atomic mass is 16.5. The van der Waals surface area contributed by atoms with Gasteiger partial charge < -0.3 is 15.2 Å². The van der Waals surface area contributed by atoms with E-state index in [4.69, 9.17) is 4.74 Å². The molecule has 2 bridgehead atoms. The van der Waals surface area contributed by atoms with Crippen molar-refractivity contribution < 1.29 is 19.4 Å². The number of carboxylic acid groups (broad SMARTS) is 1. The third kappa shape index (κ3) is 2.98. The minimum absolute atomic E-state index is 0.148. The first-order valence-corrected chi connectivity index (χ1v) is 8.04. The van der Waals surface area contributed by atoms with Crippen LogP contribution in [0.2, 0.25) is 0 Å². The third-order valence-corrected chi connectivity index (χ3v) is 4.94. The van der Waals surface area contributed by atoms with Gasteiger partial charge in [-0.2, -0.15) is 0 Å². The fraction of sp³-hybridized carbons (Fsp3) is 0.750. The SMILES string of the molecule is O=C(O)C1C2C=CC(O2)C1C(=O)NC1CCCCCCC1. The maximum Gasteiger partial charge on any atom is 0.310 e. The van der Waals surface area contributed by atoms with E-state index in [1.54, 1.807) is 6.08 Å². The Hall–Kier alpha value is -1.36. The van der Waals surface area contributed by atoms with Gasteiger partial charge in [-0.15, -0.1) is 0 Å². The summed E-state index contributed by atoms with van der Waals surface area (Å²) in [5.41, 5.74) is 0. The summed E-state index contributed by atoms with van der Waals surface area (Å²) in [7, 11) is 0. The second-order valence-corrected chi connectivity index (χ2v) is 6.39. The van der Waals surface area contributed by atoms with Crippen LogP contribution in [-0.2, 0) is 14.3 Å². The lowest BCUT2D eigenvalue weighted by Gasteiger charge is -2.26. The van der Waals surface area contributed by atoms with Gasteiger partial charge in [0.1, 0.15) is 5.92 Å². The largest absolute Gasteiger partial charge is 0.481 e. The minimum Gasteiger partial charge on any atom is -0.481 e. The standard InChI is InChI=1S/C16H23NO4/c18-15(17-10-6-4-2-1-3-5-7-10)13-11-8-9-12(21-11)14(13)16(19)20/h8-14H,1-7H2,(H,17,18)(H,19,20). The Bertz CT molecular complexity index is 440. The fourth-order valence-electron chi connectivity index (χ4n) is 3.81. The van der Waals surface area contributed by atoms with Crippen molar-refractivity contribution in [2.24, 2.45) is 11.8 Å². The highest BCUT2D eigenvalue weighted by Crippen LogP contribution is 2.39. The van der Waals surface area contributed by atoms with Crippen LogP contribution in [0.25, 0.3) is 0 Å². The van der Waals surface area contributed by atoms with E-state index in [1.165, 1.54) is 19.3 Å². The maximum absolute atomic E-state index is 12.5. The summed E-state index contributed by atoms with van der Waals surface area (Å²) in [4.78, 5) is 23.9. The Morgan fingerprint density at radius 3 is 2.14 bits per heavy atom. The molecule has 21 heavy (non-hydrogen) atoms. The van der Waals surface area contributed by atoms with Crippen LogP contribution < -0.4 is 5.32 Å². The lowest BCUT2D eigenvalue weighted by atomic mass is 9.82. The molecule has 3 rings (SSSR count). The molecule has 0 radical (unpaired) electrons. The van der Waals surface area contributed by atoms with E-state index in [9.17, 15) is 14.7 Å². The van der Waals surface area contributed by atoms with E-state index in [0.717, 1.165) is 25.7 Å². The van der Waals surface area contributed by atoms with Gasteiger partial charge in [0.2, 0.25) is 5.91 Å². The van der Waals surface area contributed by atoms with Crippen LogP contribution in [0.1, 0.15) is 44.9 Å². The minimum atomic E-state index is -0.940. The zero-order valence-electron chi connectivity index (χ0n) is 12.2. The van der Waals surface area contributed by atoms with E-state index < -0.39 is 23.9 Å². The third-order valence-electron chi connectivity index (χ3n) is 4.94. The number of hydrogen-bond donors (Lipinski definition) is 2. The fourth-order valence-corrected chi connectivity index (χ4v) is 3.81. The van der Waals surface area contributed by atoms with Crippen LogP contribution in [0.15, 0.2) is 12.2 Å². The quantitative estimate of drug-likeness (QED) is 0.779. The van der Waals surface area contributed by atoms with Gasteiger partial charge in [0.15, 0.2) is 0 Å². The van der Waals surface area contributed by atoms with Gasteiger partial charge in [-0.25, -0.2) is 0 Å². The molecule has 1 saturated carbocycles. The molecule has 0 spiro atoms. The summed E-state index contributed by atoms with van der Waals surface area (Å²) in [6, 6.07) is 0.190. The molecule has 116 valence electrons. The van der Waals surface area contributed by atoms with Crippen molar-refractivity contribution in [1.29, 1.82) is 0 Å². The van der Waals surface area contributed by atoms with Crippen LogP contribution in [0, 0.1) is 11.8 Å². The molecular weight excluding hydrogens is 270 g/mol. The summed E-state index contributed by atoms with van der Waals surface area (Å²) in [5.74, 6) is -2.41. The zero-order chi connectivity index (χ0) is 14.8. The van der Waals surface area contributed by atoms with Gasteiger partial charge in [-0.1, -0.05) is 44.3 Å². The molecule has 4 atom stereocenters. The number of amides is 1. The zero-order valence-corrected chi connectivity index (χ0v) is 12.2. The van der Waals surface area contributed by atoms with Crippen LogP contribution in [0.3, 0.4) is 0 Å². The van der Waals surface area contributed by atoms with Gasteiger partial charge >= 0.3 is 5.97 Å². The Kier molecular flexibility index (Phi) is 4.29. The number of carboxylic acids is 1. The predicted octanol–water partition coefficient (Wildman–Crippen LogP) is 1.87. The number of carbonyl (C=O) groups is 2. The van der Waals surface area contributed by atoms with Crippen molar-refractivity contribution in [3.05, 3.63) is 12.2 Å².